The van der Waals surface area contributed by atoms with E-state index in [4.69, 9.17) is 0 Å². The van der Waals surface area contributed by atoms with Gasteiger partial charge < -0.3 is 10.2 Å². The van der Waals surface area contributed by atoms with Gasteiger partial charge in [0.1, 0.15) is 0 Å². The molecule has 0 aromatic heterocycles. The summed E-state index contributed by atoms with van der Waals surface area (Å²) in [6, 6.07) is 7.61. The van der Waals surface area contributed by atoms with E-state index in [1.165, 1.54) is 6.26 Å². The van der Waals surface area contributed by atoms with Gasteiger partial charge in [0, 0.05) is 26.4 Å². The molecule has 0 aliphatic carbocycles. The lowest BCUT2D eigenvalue weighted by atomic mass is 10.1. The molecule has 0 amide bonds. The molecule has 1 aliphatic rings. The van der Waals surface area contributed by atoms with Crippen molar-refractivity contribution in [2.45, 2.75) is 12.3 Å². The number of nitrogens with zero attached hydrogens (tertiary/aromatic N) is 2. The number of rotatable bonds is 4. The zero-order valence-electron chi connectivity index (χ0n) is 11.3. The third-order valence-corrected chi connectivity index (χ3v) is 3.82. The Balaban J connectivity index is 1.92. The molecule has 1 heterocycles. The normalized spacial score (nSPS) is 15.5. The van der Waals surface area contributed by atoms with Crippen LogP contribution in [0.5, 0.6) is 0 Å². The average Bonchev–Trinajstić information content (AvgIpc) is 2.72. The molecule has 2 rings (SSSR count). The highest BCUT2D eigenvalue weighted by molar-refractivity contribution is 7.89. The molecule has 0 saturated carbocycles. The first-order valence-corrected chi connectivity index (χ1v) is 8.25. The van der Waals surface area contributed by atoms with E-state index in [2.05, 4.69) is 15.2 Å². The van der Waals surface area contributed by atoms with Crippen LogP contribution in [-0.2, 0) is 22.1 Å². The van der Waals surface area contributed by atoms with E-state index >= 15 is 0 Å². The van der Waals surface area contributed by atoms with Crippen LogP contribution < -0.4 is 5.32 Å². The summed E-state index contributed by atoms with van der Waals surface area (Å²) in [7, 11) is -0.956. The Kier molecular flexibility index (Phi) is 4.09. The maximum absolute atomic E-state index is 11.2. The van der Waals surface area contributed by atoms with Gasteiger partial charge in [-0.05, 0) is 11.1 Å². The molecule has 6 heteroatoms. The van der Waals surface area contributed by atoms with Crippen molar-refractivity contribution < 1.29 is 8.42 Å². The van der Waals surface area contributed by atoms with Crippen molar-refractivity contribution >= 4 is 15.8 Å². The number of guanidine groups is 1. The van der Waals surface area contributed by atoms with Crippen molar-refractivity contribution in [3.05, 3.63) is 35.4 Å². The number of hydrogen-bond donors (Lipinski definition) is 1. The predicted molar refractivity (Wildman–Crippen MR) is 76.8 cm³/mol. The molecule has 0 saturated heterocycles. The first-order chi connectivity index (χ1) is 8.94. The Morgan fingerprint density at radius 1 is 1.26 bits per heavy atom. The number of benzene rings is 1. The molecule has 0 fully saturated rings. The molecule has 104 valence electrons. The SMILES string of the molecule is CN1CCN=C1NCc1ccc(CS(C)(=O)=O)cc1. The molecule has 1 aliphatic heterocycles. The number of nitrogens with one attached hydrogen (secondary N) is 1. The smallest absolute Gasteiger partial charge is 0.194 e. The van der Waals surface area contributed by atoms with Crippen molar-refractivity contribution in [2.75, 3.05) is 26.4 Å². The van der Waals surface area contributed by atoms with E-state index in [1.54, 1.807) is 0 Å². The van der Waals surface area contributed by atoms with Gasteiger partial charge in [-0.2, -0.15) is 0 Å². The molecule has 0 unspecified atom stereocenters. The van der Waals surface area contributed by atoms with Crippen molar-refractivity contribution in [3.8, 4) is 0 Å². The molecule has 1 aromatic carbocycles. The second kappa shape index (κ2) is 5.61. The summed E-state index contributed by atoms with van der Waals surface area (Å²) >= 11 is 0. The summed E-state index contributed by atoms with van der Waals surface area (Å²) < 4.78 is 22.4. The molecule has 0 radical (unpaired) electrons. The summed E-state index contributed by atoms with van der Waals surface area (Å²) in [5.41, 5.74) is 1.93. The zero-order chi connectivity index (χ0) is 13.9. The van der Waals surface area contributed by atoms with Crippen LogP contribution in [0.2, 0.25) is 0 Å². The van der Waals surface area contributed by atoms with E-state index in [-0.39, 0.29) is 5.75 Å². The van der Waals surface area contributed by atoms with Crippen molar-refractivity contribution in [2.24, 2.45) is 4.99 Å². The fraction of sp³-hybridized carbons (Fsp3) is 0.462. The second-order valence-corrected chi connectivity index (χ2v) is 7.01. The topological polar surface area (TPSA) is 61.8 Å². The van der Waals surface area contributed by atoms with Crippen LogP contribution in [0.15, 0.2) is 29.3 Å². The van der Waals surface area contributed by atoms with E-state index in [9.17, 15) is 8.42 Å². The monoisotopic (exact) mass is 281 g/mol. The molecule has 5 nitrogen and oxygen atoms in total. The van der Waals surface area contributed by atoms with Crippen molar-refractivity contribution in [1.29, 1.82) is 0 Å². The van der Waals surface area contributed by atoms with Gasteiger partial charge in [-0.3, -0.25) is 4.99 Å². The van der Waals surface area contributed by atoms with Gasteiger partial charge in [0.25, 0.3) is 0 Å². The Morgan fingerprint density at radius 2 is 1.89 bits per heavy atom. The van der Waals surface area contributed by atoms with Crippen LogP contribution in [0.1, 0.15) is 11.1 Å². The average molecular weight is 281 g/mol. The molecule has 0 atom stereocenters. The lowest BCUT2D eigenvalue weighted by molar-refractivity contribution is 0.534. The van der Waals surface area contributed by atoms with Crippen LogP contribution in [0.3, 0.4) is 0 Å². The number of sulfone groups is 1. The molecular formula is C13H19N3O2S. The predicted octanol–water partition coefficient (Wildman–Crippen LogP) is 0.622. The van der Waals surface area contributed by atoms with E-state index in [1.807, 2.05) is 31.3 Å². The van der Waals surface area contributed by atoms with Gasteiger partial charge in [-0.15, -0.1) is 0 Å². The Bertz CT molecular complexity index is 564. The largest absolute Gasteiger partial charge is 0.352 e. The van der Waals surface area contributed by atoms with Crippen LogP contribution in [-0.4, -0.2) is 45.7 Å². The van der Waals surface area contributed by atoms with Gasteiger partial charge >= 0.3 is 0 Å². The lowest BCUT2D eigenvalue weighted by Gasteiger charge is -2.15. The third-order valence-electron chi connectivity index (χ3n) is 2.96. The van der Waals surface area contributed by atoms with Gasteiger partial charge in [0.2, 0.25) is 0 Å². The minimum absolute atomic E-state index is 0.0934. The quantitative estimate of drug-likeness (QED) is 0.879. The highest BCUT2D eigenvalue weighted by Crippen LogP contribution is 2.08. The summed E-state index contributed by atoms with van der Waals surface area (Å²) in [6.45, 7) is 2.49. The first kappa shape index (κ1) is 13.9. The lowest BCUT2D eigenvalue weighted by Crippen LogP contribution is -2.35. The molecule has 1 aromatic rings. The van der Waals surface area contributed by atoms with E-state index in [0.717, 1.165) is 30.2 Å². The fourth-order valence-electron chi connectivity index (χ4n) is 1.96. The molecule has 19 heavy (non-hydrogen) atoms. The highest BCUT2D eigenvalue weighted by atomic mass is 32.2. The summed E-state index contributed by atoms with van der Waals surface area (Å²) in [5.74, 6) is 1.01. The number of aliphatic imine (C=N–C) groups is 1. The number of hydrogen-bond acceptors (Lipinski definition) is 5. The first-order valence-electron chi connectivity index (χ1n) is 6.19. The molecule has 0 bridgehead atoms. The van der Waals surface area contributed by atoms with Crippen LogP contribution in [0.4, 0.5) is 0 Å². The summed E-state index contributed by atoms with van der Waals surface area (Å²) in [4.78, 5) is 6.43. The van der Waals surface area contributed by atoms with E-state index in [0.29, 0.717) is 6.54 Å². The van der Waals surface area contributed by atoms with Gasteiger partial charge in [-0.25, -0.2) is 8.42 Å². The Labute approximate surface area is 114 Å². The van der Waals surface area contributed by atoms with Gasteiger partial charge in [0.05, 0.1) is 12.3 Å². The Hall–Kier alpha value is -1.56. The minimum Gasteiger partial charge on any atom is -0.352 e. The second-order valence-electron chi connectivity index (χ2n) is 4.87. The van der Waals surface area contributed by atoms with Crippen molar-refractivity contribution in [1.82, 2.24) is 10.2 Å². The van der Waals surface area contributed by atoms with Crippen LogP contribution in [0, 0.1) is 0 Å². The fourth-order valence-corrected chi connectivity index (χ4v) is 2.76. The minimum atomic E-state index is -2.96. The number of likely N-dealkylation sites (N-methyl/N-ethyl adjacent to an activating group) is 1. The van der Waals surface area contributed by atoms with E-state index < -0.39 is 9.84 Å². The molecular weight excluding hydrogens is 262 g/mol. The van der Waals surface area contributed by atoms with Gasteiger partial charge in [0.15, 0.2) is 15.8 Å². The van der Waals surface area contributed by atoms with Crippen molar-refractivity contribution in [3.63, 3.8) is 0 Å². The van der Waals surface area contributed by atoms with Gasteiger partial charge in [-0.1, -0.05) is 24.3 Å². The summed E-state index contributed by atoms with van der Waals surface area (Å²) in [6.07, 6.45) is 1.25. The molecule has 0 spiro atoms. The maximum Gasteiger partial charge on any atom is 0.194 e. The highest BCUT2D eigenvalue weighted by Gasteiger charge is 2.11. The standard InChI is InChI=1S/C13H19N3O2S/c1-16-8-7-14-13(16)15-9-11-3-5-12(6-4-11)10-19(2,17)18/h3-6H,7-10H2,1-2H3,(H,14,15). The summed E-state index contributed by atoms with van der Waals surface area (Å²) in [5, 5.41) is 3.27. The zero-order valence-corrected chi connectivity index (χ0v) is 12.1. The van der Waals surface area contributed by atoms with Crippen LogP contribution in [0.25, 0.3) is 0 Å². The maximum atomic E-state index is 11.2. The molecule has 1 N–H and O–H groups in total. The van der Waals surface area contributed by atoms with Crippen LogP contribution >= 0.6 is 0 Å². The third kappa shape index (κ3) is 4.24. The Morgan fingerprint density at radius 3 is 2.42 bits per heavy atom.